The van der Waals surface area contributed by atoms with Gasteiger partial charge in [0.15, 0.2) is 0 Å². The average molecular weight is 285 g/mol. The standard InChI is InChI=1S/C18H23NO2/c1-3-21-17(20)12-16-14-9-5-4-8-13(14)15-10-6-7-11-18(15,2)19-16/h4-5,8-9,12,15,19H,3,6-7,10-11H2,1-2H3/b16-12-/t15-,18+/m1/s1. The van der Waals surface area contributed by atoms with Crippen LogP contribution >= 0.6 is 0 Å². The number of hydrogen-bond donors (Lipinski definition) is 1. The Bertz CT molecular complexity index is 578. The van der Waals surface area contributed by atoms with Crippen molar-refractivity contribution in [3.05, 3.63) is 41.5 Å². The van der Waals surface area contributed by atoms with Crippen LogP contribution in [0.4, 0.5) is 0 Å². The summed E-state index contributed by atoms with van der Waals surface area (Å²) in [4.78, 5) is 11.8. The van der Waals surface area contributed by atoms with E-state index >= 15 is 0 Å². The Morgan fingerprint density at radius 1 is 1.43 bits per heavy atom. The minimum atomic E-state index is -0.271. The van der Waals surface area contributed by atoms with Crippen LogP contribution in [0.1, 0.15) is 56.6 Å². The first-order chi connectivity index (χ1) is 10.1. The van der Waals surface area contributed by atoms with Gasteiger partial charge in [-0.25, -0.2) is 4.79 Å². The average Bonchev–Trinajstić information content (AvgIpc) is 2.47. The van der Waals surface area contributed by atoms with E-state index in [1.54, 1.807) is 6.08 Å². The molecule has 0 radical (unpaired) electrons. The lowest BCUT2D eigenvalue weighted by Gasteiger charge is -2.48. The van der Waals surface area contributed by atoms with Gasteiger partial charge in [0.05, 0.1) is 6.61 Å². The maximum atomic E-state index is 11.8. The SMILES string of the molecule is CCOC(=O)/C=C1\N[C@@]2(C)CCCC[C@@H]2c2ccccc21. The summed E-state index contributed by atoms with van der Waals surface area (Å²) in [6, 6.07) is 8.44. The highest BCUT2D eigenvalue weighted by atomic mass is 16.5. The van der Waals surface area contributed by atoms with Crippen molar-refractivity contribution in [2.75, 3.05) is 6.61 Å². The van der Waals surface area contributed by atoms with Gasteiger partial charge in [-0.3, -0.25) is 0 Å². The van der Waals surface area contributed by atoms with E-state index in [-0.39, 0.29) is 11.5 Å². The van der Waals surface area contributed by atoms with Crippen LogP contribution in [0.2, 0.25) is 0 Å². The molecule has 1 saturated carbocycles. The Kier molecular flexibility index (Phi) is 3.75. The molecule has 21 heavy (non-hydrogen) atoms. The van der Waals surface area contributed by atoms with Gasteiger partial charge in [0, 0.05) is 28.8 Å². The van der Waals surface area contributed by atoms with E-state index in [2.05, 4.69) is 30.4 Å². The Balaban J connectivity index is 2.04. The van der Waals surface area contributed by atoms with E-state index < -0.39 is 0 Å². The molecule has 0 unspecified atom stereocenters. The lowest BCUT2D eigenvalue weighted by atomic mass is 9.67. The van der Waals surface area contributed by atoms with Crippen LogP contribution in [0.5, 0.6) is 0 Å². The summed E-state index contributed by atoms with van der Waals surface area (Å²) in [5.41, 5.74) is 3.47. The van der Waals surface area contributed by atoms with E-state index in [9.17, 15) is 4.79 Å². The van der Waals surface area contributed by atoms with Crippen molar-refractivity contribution in [3.63, 3.8) is 0 Å². The molecule has 3 nitrogen and oxygen atoms in total. The third kappa shape index (κ3) is 2.57. The zero-order valence-electron chi connectivity index (χ0n) is 12.8. The molecule has 2 aliphatic rings. The molecule has 0 spiro atoms. The lowest BCUT2D eigenvalue weighted by Crippen LogP contribution is -2.51. The summed E-state index contributed by atoms with van der Waals surface area (Å²) in [5, 5.41) is 3.64. The molecule has 3 rings (SSSR count). The quantitative estimate of drug-likeness (QED) is 0.666. The minimum absolute atomic E-state index is 0.0466. The van der Waals surface area contributed by atoms with Crippen LogP contribution < -0.4 is 5.32 Å². The number of benzene rings is 1. The molecule has 2 atom stereocenters. The minimum Gasteiger partial charge on any atom is -0.463 e. The molecule has 3 heteroatoms. The third-order valence-corrected chi connectivity index (χ3v) is 4.80. The fourth-order valence-electron chi connectivity index (χ4n) is 3.82. The monoisotopic (exact) mass is 285 g/mol. The summed E-state index contributed by atoms with van der Waals surface area (Å²) in [5.74, 6) is 0.259. The second-order valence-electron chi connectivity index (χ2n) is 6.24. The van der Waals surface area contributed by atoms with Gasteiger partial charge in [0.2, 0.25) is 0 Å². The van der Waals surface area contributed by atoms with Crippen molar-refractivity contribution >= 4 is 11.7 Å². The lowest BCUT2D eigenvalue weighted by molar-refractivity contribution is -0.137. The van der Waals surface area contributed by atoms with Gasteiger partial charge in [-0.1, -0.05) is 37.1 Å². The Labute approximate surface area is 126 Å². The number of ether oxygens (including phenoxy) is 1. The van der Waals surface area contributed by atoms with Crippen molar-refractivity contribution in [1.29, 1.82) is 0 Å². The van der Waals surface area contributed by atoms with Gasteiger partial charge in [-0.2, -0.15) is 0 Å². The molecule has 0 amide bonds. The molecule has 1 aliphatic heterocycles. The van der Waals surface area contributed by atoms with Crippen LogP contribution in [0.3, 0.4) is 0 Å². The van der Waals surface area contributed by atoms with Crippen molar-refractivity contribution in [3.8, 4) is 0 Å². The second kappa shape index (κ2) is 5.55. The number of esters is 1. The Morgan fingerprint density at radius 2 is 2.24 bits per heavy atom. The zero-order valence-corrected chi connectivity index (χ0v) is 12.8. The molecule has 0 bridgehead atoms. The van der Waals surface area contributed by atoms with Crippen molar-refractivity contribution < 1.29 is 9.53 Å². The normalized spacial score (nSPS) is 29.2. The number of rotatable bonds is 2. The van der Waals surface area contributed by atoms with Crippen LogP contribution in [-0.4, -0.2) is 18.1 Å². The zero-order chi connectivity index (χ0) is 14.9. The molecule has 1 fully saturated rings. The molecule has 112 valence electrons. The maximum absolute atomic E-state index is 11.8. The third-order valence-electron chi connectivity index (χ3n) is 4.80. The van der Waals surface area contributed by atoms with Crippen LogP contribution in [0.25, 0.3) is 5.70 Å². The first kappa shape index (κ1) is 14.2. The van der Waals surface area contributed by atoms with Gasteiger partial charge >= 0.3 is 5.97 Å². The molecule has 1 aromatic carbocycles. The maximum Gasteiger partial charge on any atom is 0.332 e. The van der Waals surface area contributed by atoms with E-state index in [1.165, 1.54) is 24.8 Å². The van der Waals surface area contributed by atoms with Gasteiger partial charge in [0.25, 0.3) is 0 Å². The number of carbonyl (C=O) groups is 1. The van der Waals surface area contributed by atoms with Gasteiger partial charge < -0.3 is 10.1 Å². The first-order valence-corrected chi connectivity index (χ1v) is 7.90. The van der Waals surface area contributed by atoms with E-state index in [1.807, 2.05) is 13.0 Å². The highest BCUT2D eigenvalue weighted by molar-refractivity contribution is 5.92. The fraction of sp³-hybridized carbons (Fsp3) is 0.500. The largest absolute Gasteiger partial charge is 0.463 e. The fourth-order valence-corrected chi connectivity index (χ4v) is 3.82. The summed E-state index contributed by atoms with van der Waals surface area (Å²) >= 11 is 0. The molecular formula is C18H23NO2. The molecule has 0 aromatic heterocycles. The Morgan fingerprint density at radius 3 is 3.05 bits per heavy atom. The summed E-state index contributed by atoms with van der Waals surface area (Å²) in [7, 11) is 0. The second-order valence-corrected chi connectivity index (χ2v) is 6.24. The predicted octanol–water partition coefficient (Wildman–Crippen LogP) is 3.61. The highest BCUT2D eigenvalue weighted by Crippen LogP contribution is 2.47. The van der Waals surface area contributed by atoms with Gasteiger partial charge in [-0.15, -0.1) is 0 Å². The molecule has 0 saturated heterocycles. The van der Waals surface area contributed by atoms with E-state index in [0.717, 1.165) is 17.7 Å². The van der Waals surface area contributed by atoms with E-state index in [4.69, 9.17) is 4.74 Å². The van der Waals surface area contributed by atoms with Crippen LogP contribution in [-0.2, 0) is 9.53 Å². The van der Waals surface area contributed by atoms with Gasteiger partial charge in [0.1, 0.15) is 0 Å². The smallest absolute Gasteiger partial charge is 0.332 e. The summed E-state index contributed by atoms with van der Waals surface area (Å²) in [6.45, 7) is 4.52. The highest BCUT2D eigenvalue weighted by Gasteiger charge is 2.42. The number of fused-ring (bicyclic) bond motifs is 3. The molecular weight excluding hydrogens is 262 g/mol. The topological polar surface area (TPSA) is 38.3 Å². The molecule has 1 heterocycles. The van der Waals surface area contributed by atoms with Crippen molar-refractivity contribution in [2.24, 2.45) is 0 Å². The summed E-state index contributed by atoms with van der Waals surface area (Å²) in [6.07, 6.45) is 6.50. The molecule has 1 aliphatic carbocycles. The van der Waals surface area contributed by atoms with Gasteiger partial charge in [-0.05, 0) is 32.3 Å². The molecule has 1 N–H and O–H groups in total. The number of hydrogen-bond acceptors (Lipinski definition) is 3. The number of nitrogens with one attached hydrogen (secondary N) is 1. The molecule has 1 aromatic rings. The van der Waals surface area contributed by atoms with E-state index in [0.29, 0.717) is 12.5 Å². The van der Waals surface area contributed by atoms with Crippen LogP contribution in [0, 0.1) is 0 Å². The Hall–Kier alpha value is -1.77. The first-order valence-electron chi connectivity index (χ1n) is 7.90. The van der Waals surface area contributed by atoms with Crippen molar-refractivity contribution in [1.82, 2.24) is 5.32 Å². The summed E-state index contributed by atoms with van der Waals surface area (Å²) < 4.78 is 5.07. The van der Waals surface area contributed by atoms with Crippen LogP contribution in [0.15, 0.2) is 30.3 Å². The number of carbonyl (C=O) groups excluding carboxylic acids is 1. The predicted molar refractivity (Wildman–Crippen MR) is 83.8 cm³/mol. The van der Waals surface area contributed by atoms with Crippen molar-refractivity contribution in [2.45, 2.75) is 51.0 Å².